The van der Waals surface area contributed by atoms with E-state index in [1.807, 2.05) is 23.0 Å². The Hall–Kier alpha value is -1.78. The third-order valence-corrected chi connectivity index (χ3v) is 4.41. The van der Waals surface area contributed by atoms with E-state index in [0.29, 0.717) is 0 Å². The van der Waals surface area contributed by atoms with Crippen LogP contribution in [0, 0.1) is 0 Å². The van der Waals surface area contributed by atoms with Crippen molar-refractivity contribution in [3.05, 3.63) is 69.6 Å². The van der Waals surface area contributed by atoms with Gasteiger partial charge in [0.25, 0.3) is 0 Å². The summed E-state index contributed by atoms with van der Waals surface area (Å²) in [6.07, 6.45) is 3.76. The van der Waals surface area contributed by atoms with Crippen molar-refractivity contribution in [3.63, 3.8) is 0 Å². The van der Waals surface area contributed by atoms with Crippen LogP contribution in [0.3, 0.4) is 0 Å². The van der Waals surface area contributed by atoms with Gasteiger partial charge in [-0.3, -0.25) is 4.68 Å². The average molecular weight is 318 g/mol. The summed E-state index contributed by atoms with van der Waals surface area (Å²) in [6.45, 7) is 2.92. The molecule has 108 valence electrons. The molecule has 1 N–H and O–H groups in total. The van der Waals surface area contributed by atoms with Crippen LogP contribution in [-0.4, -0.2) is 9.78 Å². The molecule has 0 aliphatic rings. The summed E-state index contributed by atoms with van der Waals surface area (Å²) in [5.74, 6) is 0. The lowest BCUT2D eigenvalue weighted by Crippen LogP contribution is -2.06. The van der Waals surface area contributed by atoms with Crippen LogP contribution in [0.1, 0.15) is 24.1 Å². The minimum Gasteiger partial charge on any atom is -0.378 e. The minimum absolute atomic E-state index is 0.230. The van der Waals surface area contributed by atoms with E-state index < -0.39 is 0 Å². The summed E-state index contributed by atoms with van der Waals surface area (Å²) in [4.78, 5) is 0. The van der Waals surface area contributed by atoms with Crippen LogP contribution >= 0.6 is 22.9 Å². The number of aromatic nitrogens is 2. The molecular formula is C16H16ClN3S. The molecule has 1 unspecified atom stereocenters. The summed E-state index contributed by atoms with van der Waals surface area (Å²) in [7, 11) is 0. The van der Waals surface area contributed by atoms with E-state index in [1.165, 1.54) is 11.1 Å². The lowest BCUT2D eigenvalue weighted by Gasteiger charge is -2.15. The lowest BCUT2D eigenvalue weighted by atomic mass is 10.1. The zero-order chi connectivity index (χ0) is 14.7. The molecule has 3 aromatic rings. The first-order valence-electron chi connectivity index (χ1n) is 6.77. The first kappa shape index (κ1) is 14.2. The Morgan fingerprint density at radius 1 is 1.33 bits per heavy atom. The second-order valence-electron chi connectivity index (χ2n) is 4.95. The number of halogens is 1. The van der Waals surface area contributed by atoms with Gasteiger partial charge in [0.05, 0.1) is 10.9 Å². The molecule has 0 radical (unpaired) electrons. The Labute approximate surface area is 133 Å². The van der Waals surface area contributed by atoms with Crippen molar-refractivity contribution in [2.24, 2.45) is 0 Å². The van der Waals surface area contributed by atoms with Gasteiger partial charge in [-0.15, -0.1) is 11.3 Å². The zero-order valence-electron chi connectivity index (χ0n) is 11.7. The maximum absolute atomic E-state index is 5.99. The molecule has 21 heavy (non-hydrogen) atoms. The van der Waals surface area contributed by atoms with Crippen LogP contribution in [0.4, 0.5) is 5.69 Å². The van der Waals surface area contributed by atoms with E-state index in [0.717, 1.165) is 16.6 Å². The van der Waals surface area contributed by atoms with Gasteiger partial charge in [-0.1, -0.05) is 23.7 Å². The Morgan fingerprint density at radius 3 is 2.95 bits per heavy atom. The largest absolute Gasteiger partial charge is 0.378 e. The molecule has 5 heteroatoms. The van der Waals surface area contributed by atoms with E-state index in [1.54, 1.807) is 17.5 Å². The fourth-order valence-corrected chi connectivity index (χ4v) is 3.21. The van der Waals surface area contributed by atoms with E-state index in [2.05, 4.69) is 47.0 Å². The minimum atomic E-state index is 0.230. The summed E-state index contributed by atoms with van der Waals surface area (Å²) in [5.41, 5.74) is 3.54. The maximum atomic E-state index is 5.99. The van der Waals surface area contributed by atoms with Crippen LogP contribution in [0.15, 0.2) is 54.2 Å². The number of nitrogens with one attached hydrogen (secondary N) is 1. The number of hydrogen-bond donors (Lipinski definition) is 1. The molecule has 0 bridgehead atoms. The van der Waals surface area contributed by atoms with E-state index in [4.69, 9.17) is 11.6 Å². The first-order chi connectivity index (χ1) is 10.2. The van der Waals surface area contributed by atoms with Crippen molar-refractivity contribution >= 4 is 28.6 Å². The second kappa shape index (κ2) is 6.33. The smallest absolute Gasteiger partial charge is 0.0931 e. The molecule has 0 saturated carbocycles. The molecule has 2 heterocycles. The average Bonchev–Trinajstić information content (AvgIpc) is 3.11. The first-order valence-corrected chi connectivity index (χ1v) is 8.03. The number of benzene rings is 1. The molecule has 3 rings (SSSR count). The summed E-state index contributed by atoms with van der Waals surface area (Å²) < 4.78 is 2.74. The normalized spacial score (nSPS) is 12.3. The fraction of sp³-hybridized carbons (Fsp3) is 0.188. The highest BCUT2D eigenvalue weighted by Gasteiger charge is 2.08. The van der Waals surface area contributed by atoms with E-state index >= 15 is 0 Å². The predicted octanol–water partition coefficient (Wildman–Crippen LogP) is 4.82. The van der Waals surface area contributed by atoms with Gasteiger partial charge in [0, 0.05) is 24.1 Å². The standard InChI is InChI=1S/C16H16ClN3S/c1-12(14-9-16(17)21-11-14)19-15-5-2-4-13(8-15)10-20-7-3-6-18-20/h2-9,11-12,19H,10H2,1H3. The maximum Gasteiger partial charge on any atom is 0.0931 e. The topological polar surface area (TPSA) is 29.9 Å². The molecule has 0 aliphatic carbocycles. The Kier molecular flexibility index (Phi) is 4.27. The van der Waals surface area contributed by atoms with Gasteiger partial charge in [-0.05, 0) is 47.7 Å². The van der Waals surface area contributed by atoms with E-state index in [-0.39, 0.29) is 6.04 Å². The van der Waals surface area contributed by atoms with Crippen LogP contribution in [0.2, 0.25) is 4.34 Å². The van der Waals surface area contributed by atoms with Gasteiger partial charge >= 0.3 is 0 Å². The van der Waals surface area contributed by atoms with Crippen molar-refractivity contribution in [1.29, 1.82) is 0 Å². The summed E-state index contributed by atoms with van der Waals surface area (Å²) in [5, 5.41) is 9.84. The van der Waals surface area contributed by atoms with Crippen molar-refractivity contribution in [3.8, 4) is 0 Å². The van der Waals surface area contributed by atoms with Crippen LogP contribution < -0.4 is 5.32 Å². The quantitative estimate of drug-likeness (QED) is 0.731. The van der Waals surface area contributed by atoms with Gasteiger partial charge in [-0.2, -0.15) is 5.10 Å². The Balaban J connectivity index is 1.71. The number of rotatable bonds is 5. The molecule has 0 spiro atoms. The van der Waals surface area contributed by atoms with Gasteiger partial charge in [0.15, 0.2) is 0 Å². The third kappa shape index (κ3) is 3.65. The number of nitrogens with zero attached hydrogens (tertiary/aromatic N) is 2. The monoisotopic (exact) mass is 317 g/mol. The van der Waals surface area contributed by atoms with Gasteiger partial charge in [0.1, 0.15) is 0 Å². The van der Waals surface area contributed by atoms with Crippen LogP contribution in [0.5, 0.6) is 0 Å². The number of anilines is 1. The van der Waals surface area contributed by atoms with Crippen LogP contribution in [0.25, 0.3) is 0 Å². The van der Waals surface area contributed by atoms with Crippen molar-refractivity contribution in [2.45, 2.75) is 19.5 Å². The Morgan fingerprint density at radius 2 is 2.24 bits per heavy atom. The molecule has 1 atom stereocenters. The third-order valence-electron chi connectivity index (χ3n) is 3.30. The summed E-state index contributed by atoms with van der Waals surface area (Å²) >= 11 is 7.56. The van der Waals surface area contributed by atoms with Crippen molar-refractivity contribution < 1.29 is 0 Å². The Bertz CT molecular complexity index is 706. The van der Waals surface area contributed by atoms with Gasteiger partial charge < -0.3 is 5.32 Å². The molecule has 3 nitrogen and oxygen atoms in total. The number of thiophene rings is 1. The van der Waals surface area contributed by atoms with Crippen molar-refractivity contribution in [2.75, 3.05) is 5.32 Å². The predicted molar refractivity (Wildman–Crippen MR) is 89.1 cm³/mol. The van der Waals surface area contributed by atoms with Crippen LogP contribution in [-0.2, 0) is 6.54 Å². The highest BCUT2D eigenvalue weighted by molar-refractivity contribution is 7.14. The zero-order valence-corrected chi connectivity index (χ0v) is 13.2. The SMILES string of the molecule is CC(Nc1cccc(Cn2cccn2)c1)c1csc(Cl)c1. The molecule has 0 saturated heterocycles. The van der Waals surface area contributed by atoms with Gasteiger partial charge in [0.2, 0.25) is 0 Å². The molecule has 1 aromatic carbocycles. The number of hydrogen-bond acceptors (Lipinski definition) is 3. The van der Waals surface area contributed by atoms with Crippen molar-refractivity contribution in [1.82, 2.24) is 9.78 Å². The molecule has 0 aliphatic heterocycles. The lowest BCUT2D eigenvalue weighted by molar-refractivity contribution is 0.687. The molecule has 2 aromatic heterocycles. The highest BCUT2D eigenvalue weighted by Crippen LogP contribution is 2.27. The highest BCUT2D eigenvalue weighted by atomic mass is 35.5. The van der Waals surface area contributed by atoms with E-state index in [9.17, 15) is 0 Å². The summed E-state index contributed by atoms with van der Waals surface area (Å²) in [6, 6.07) is 12.6. The molecular weight excluding hydrogens is 302 g/mol. The molecule has 0 fully saturated rings. The second-order valence-corrected chi connectivity index (χ2v) is 6.50. The fourth-order valence-electron chi connectivity index (χ4n) is 2.22. The van der Waals surface area contributed by atoms with Gasteiger partial charge in [-0.25, -0.2) is 0 Å². The molecule has 0 amide bonds.